The number of rotatable bonds is 4. The van der Waals surface area contributed by atoms with Gasteiger partial charge in [0.05, 0.1) is 7.11 Å². The van der Waals surface area contributed by atoms with Crippen LogP contribution >= 0.6 is 0 Å². The maximum absolute atomic E-state index is 12.5. The number of phenols is 1. The van der Waals surface area contributed by atoms with Crippen molar-refractivity contribution in [3.05, 3.63) is 65.6 Å². The summed E-state index contributed by atoms with van der Waals surface area (Å²) in [6.45, 7) is 0. The van der Waals surface area contributed by atoms with Crippen LogP contribution in [-0.2, 0) is 4.79 Å². The van der Waals surface area contributed by atoms with Crippen molar-refractivity contribution in [2.45, 2.75) is 6.17 Å². The summed E-state index contributed by atoms with van der Waals surface area (Å²) in [5.74, 6) is 0.500. The first-order valence-electron chi connectivity index (χ1n) is 7.79. The number of nitrogens with one attached hydrogen (secondary N) is 1. The highest BCUT2D eigenvalue weighted by Crippen LogP contribution is 2.27. The highest BCUT2D eigenvalue weighted by atomic mass is 16.5. The van der Waals surface area contributed by atoms with E-state index >= 15 is 0 Å². The summed E-state index contributed by atoms with van der Waals surface area (Å²) in [6.07, 6.45) is 8.78. The summed E-state index contributed by atoms with van der Waals surface area (Å²) >= 11 is 0. The minimum absolute atomic E-state index is 0.111. The number of amides is 1. The van der Waals surface area contributed by atoms with Crippen molar-refractivity contribution in [3.8, 4) is 11.5 Å². The van der Waals surface area contributed by atoms with Crippen LogP contribution in [0.1, 0.15) is 11.1 Å². The zero-order valence-electron chi connectivity index (χ0n) is 14.0. The van der Waals surface area contributed by atoms with Crippen LogP contribution in [0.3, 0.4) is 0 Å². The van der Waals surface area contributed by atoms with E-state index in [9.17, 15) is 9.90 Å². The molecule has 0 bridgehead atoms. The lowest BCUT2D eigenvalue weighted by molar-refractivity contribution is -0.124. The number of aromatic hydroxyl groups is 1. The minimum atomic E-state index is -0.241. The van der Waals surface area contributed by atoms with Gasteiger partial charge in [-0.25, -0.2) is 0 Å². The molecule has 1 atom stereocenters. The van der Waals surface area contributed by atoms with Crippen molar-refractivity contribution in [1.29, 1.82) is 0 Å². The molecule has 3 rings (SSSR count). The SMILES string of the molecule is COc1cc(O)ccc1/C=C1\NC(/C=C/c2ccncc2)N(C)C1=O. The van der Waals surface area contributed by atoms with Gasteiger partial charge in [-0.15, -0.1) is 0 Å². The molecule has 1 saturated heterocycles. The quantitative estimate of drug-likeness (QED) is 0.837. The van der Waals surface area contributed by atoms with Crippen molar-refractivity contribution in [1.82, 2.24) is 15.2 Å². The topological polar surface area (TPSA) is 74.7 Å². The first-order chi connectivity index (χ1) is 12.1. The molecule has 2 heterocycles. The number of carbonyl (C=O) groups is 1. The Labute approximate surface area is 146 Å². The van der Waals surface area contributed by atoms with Gasteiger partial charge in [-0.05, 0) is 42.0 Å². The summed E-state index contributed by atoms with van der Waals surface area (Å²) < 4.78 is 5.25. The van der Waals surface area contributed by atoms with E-state index in [-0.39, 0.29) is 17.8 Å². The van der Waals surface area contributed by atoms with Gasteiger partial charge in [0.25, 0.3) is 5.91 Å². The van der Waals surface area contributed by atoms with Crippen LogP contribution in [0.4, 0.5) is 0 Å². The molecule has 0 aliphatic carbocycles. The molecule has 1 aliphatic rings. The lowest BCUT2D eigenvalue weighted by Crippen LogP contribution is -2.31. The Morgan fingerprint density at radius 2 is 2.04 bits per heavy atom. The van der Waals surface area contributed by atoms with E-state index in [0.29, 0.717) is 17.0 Å². The maximum atomic E-state index is 12.5. The van der Waals surface area contributed by atoms with E-state index in [1.165, 1.54) is 13.2 Å². The molecule has 2 aromatic rings. The number of ether oxygens (including phenoxy) is 1. The molecule has 1 fully saturated rings. The molecule has 1 aromatic heterocycles. The summed E-state index contributed by atoms with van der Waals surface area (Å²) in [4.78, 5) is 18.1. The molecule has 6 nitrogen and oxygen atoms in total. The van der Waals surface area contributed by atoms with Crippen molar-refractivity contribution in [2.24, 2.45) is 0 Å². The second-order valence-electron chi connectivity index (χ2n) is 5.63. The van der Waals surface area contributed by atoms with E-state index < -0.39 is 0 Å². The predicted octanol–water partition coefficient (Wildman–Crippen LogP) is 2.24. The van der Waals surface area contributed by atoms with Gasteiger partial charge in [0.15, 0.2) is 0 Å². The summed E-state index contributed by atoms with van der Waals surface area (Å²) in [7, 11) is 3.26. The zero-order chi connectivity index (χ0) is 17.8. The number of likely N-dealkylation sites (N-methyl/N-ethyl adjacent to an activating group) is 1. The molecular formula is C19H19N3O3. The van der Waals surface area contributed by atoms with Crippen LogP contribution < -0.4 is 10.1 Å². The smallest absolute Gasteiger partial charge is 0.271 e. The molecule has 2 N–H and O–H groups in total. The molecule has 6 heteroatoms. The number of hydrogen-bond acceptors (Lipinski definition) is 5. The van der Waals surface area contributed by atoms with Gasteiger partial charge in [0.2, 0.25) is 0 Å². The number of phenolic OH excluding ortho intramolecular Hbond substituents is 1. The van der Waals surface area contributed by atoms with Gasteiger partial charge in [-0.2, -0.15) is 0 Å². The maximum Gasteiger partial charge on any atom is 0.271 e. The average molecular weight is 337 g/mol. The normalized spacial score (nSPS) is 18.8. The molecule has 0 spiro atoms. The highest BCUT2D eigenvalue weighted by Gasteiger charge is 2.30. The second kappa shape index (κ2) is 7.09. The van der Waals surface area contributed by atoms with Crippen LogP contribution in [-0.4, -0.2) is 41.2 Å². The fourth-order valence-electron chi connectivity index (χ4n) is 2.57. The van der Waals surface area contributed by atoms with Gasteiger partial charge >= 0.3 is 0 Å². The third kappa shape index (κ3) is 3.63. The third-order valence-electron chi connectivity index (χ3n) is 3.97. The number of benzene rings is 1. The first-order valence-corrected chi connectivity index (χ1v) is 7.79. The van der Waals surface area contributed by atoms with E-state index in [1.54, 1.807) is 42.6 Å². The Bertz CT molecular complexity index is 831. The van der Waals surface area contributed by atoms with Gasteiger partial charge in [0.1, 0.15) is 23.4 Å². The van der Waals surface area contributed by atoms with Crippen LogP contribution in [0.25, 0.3) is 12.2 Å². The Hall–Kier alpha value is -3.28. The lowest BCUT2D eigenvalue weighted by Gasteiger charge is -2.14. The fraction of sp³-hybridized carbons (Fsp3) is 0.158. The minimum Gasteiger partial charge on any atom is -0.508 e. The van der Waals surface area contributed by atoms with Gasteiger partial charge in [-0.1, -0.05) is 6.08 Å². The van der Waals surface area contributed by atoms with Crippen LogP contribution in [0, 0.1) is 0 Å². The number of pyridine rings is 1. The van der Waals surface area contributed by atoms with Gasteiger partial charge in [-0.3, -0.25) is 9.78 Å². The number of methoxy groups -OCH3 is 1. The number of nitrogens with zero attached hydrogens (tertiary/aromatic N) is 2. The van der Waals surface area contributed by atoms with Crippen molar-refractivity contribution < 1.29 is 14.6 Å². The Morgan fingerprint density at radius 1 is 1.28 bits per heavy atom. The Morgan fingerprint density at radius 3 is 2.76 bits per heavy atom. The molecule has 128 valence electrons. The zero-order valence-corrected chi connectivity index (χ0v) is 14.0. The van der Waals surface area contributed by atoms with Gasteiger partial charge in [0, 0.05) is 31.1 Å². The first kappa shape index (κ1) is 16.6. The van der Waals surface area contributed by atoms with E-state index in [2.05, 4.69) is 10.3 Å². The summed E-state index contributed by atoms with van der Waals surface area (Å²) in [5, 5.41) is 12.7. The molecule has 1 aromatic carbocycles. The monoisotopic (exact) mass is 337 g/mol. The summed E-state index contributed by atoms with van der Waals surface area (Å²) in [6, 6.07) is 8.56. The molecule has 1 unspecified atom stereocenters. The highest BCUT2D eigenvalue weighted by molar-refractivity contribution is 6.00. The number of aromatic nitrogens is 1. The lowest BCUT2D eigenvalue weighted by atomic mass is 10.1. The summed E-state index contributed by atoms with van der Waals surface area (Å²) in [5.41, 5.74) is 2.19. The van der Waals surface area contributed by atoms with Crippen molar-refractivity contribution in [2.75, 3.05) is 14.2 Å². The standard InChI is InChI=1S/C19H19N3O3/c1-22-18(6-3-13-7-9-20-10-8-13)21-16(19(22)24)11-14-4-5-15(23)12-17(14)25-2/h3-12,18,21,23H,1-2H3/b6-3+,16-11-. The van der Waals surface area contributed by atoms with Crippen LogP contribution in [0.15, 0.2) is 54.5 Å². The Kier molecular flexibility index (Phi) is 4.70. The van der Waals surface area contributed by atoms with Crippen molar-refractivity contribution in [3.63, 3.8) is 0 Å². The van der Waals surface area contributed by atoms with E-state index in [1.807, 2.05) is 24.3 Å². The molecule has 1 aliphatic heterocycles. The van der Waals surface area contributed by atoms with E-state index in [4.69, 9.17) is 4.74 Å². The molecular weight excluding hydrogens is 318 g/mol. The average Bonchev–Trinajstić information content (AvgIpc) is 2.90. The number of carbonyl (C=O) groups excluding carboxylic acids is 1. The molecule has 1 amide bonds. The van der Waals surface area contributed by atoms with Crippen LogP contribution in [0.5, 0.6) is 11.5 Å². The van der Waals surface area contributed by atoms with Crippen molar-refractivity contribution >= 4 is 18.1 Å². The van der Waals surface area contributed by atoms with E-state index in [0.717, 1.165) is 5.56 Å². The van der Waals surface area contributed by atoms with Crippen LogP contribution in [0.2, 0.25) is 0 Å². The Balaban J connectivity index is 1.83. The predicted molar refractivity (Wildman–Crippen MR) is 95.6 cm³/mol. The third-order valence-corrected chi connectivity index (χ3v) is 3.97. The largest absolute Gasteiger partial charge is 0.508 e. The molecule has 0 saturated carbocycles. The molecule has 25 heavy (non-hydrogen) atoms. The molecule has 0 radical (unpaired) electrons. The number of hydrogen-bond donors (Lipinski definition) is 2. The second-order valence-corrected chi connectivity index (χ2v) is 5.63. The fourth-order valence-corrected chi connectivity index (χ4v) is 2.57. The van der Waals surface area contributed by atoms with Gasteiger partial charge < -0.3 is 20.1 Å².